The zero-order valence-corrected chi connectivity index (χ0v) is 12.3. The Hall–Kier alpha value is -1.81. The average Bonchev–Trinajstić information content (AvgIpc) is 2.95. The molecule has 1 aliphatic heterocycles. The Bertz CT molecular complexity index is 685. The fourth-order valence-corrected chi connectivity index (χ4v) is 2.89. The van der Waals surface area contributed by atoms with Gasteiger partial charge < -0.3 is 9.64 Å². The summed E-state index contributed by atoms with van der Waals surface area (Å²) in [6.07, 6.45) is -6.35. The highest BCUT2D eigenvalue weighted by molar-refractivity contribution is 7.09. The molecule has 1 aliphatic rings. The third kappa shape index (κ3) is 3.58. The average molecular weight is 351 g/mol. The number of nitrogens with zero attached hydrogens (tertiary/aromatic N) is 3. The topological polar surface area (TPSA) is 38.2 Å². The van der Waals surface area contributed by atoms with Gasteiger partial charge in [0.1, 0.15) is 11.6 Å². The summed E-state index contributed by atoms with van der Waals surface area (Å²) >= 11 is 0.872. The van der Waals surface area contributed by atoms with Gasteiger partial charge in [0.15, 0.2) is 11.9 Å². The molecular weight excluding hydrogens is 341 g/mol. The van der Waals surface area contributed by atoms with Crippen molar-refractivity contribution < 1.29 is 26.7 Å². The van der Waals surface area contributed by atoms with E-state index in [1.807, 2.05) is 0 Å². The number of anilines is 1. The number of halogens is 5. The number of ether oxygens (including phenoxy) is 1. The highest BCUT2D eigenvalue weighted by atomic mass is 32.1. The van der Waals surface area contributed by atoms with Crippen LogP contribution in [0.4, 0.5) is 27.1 Å². The van der Waals surface area contributed by atoms with Crippen LogP contribution in [0, 0.1) is 11.6 Å². The van der Waals surface area contributed by atoms with E-state index in [0.717, 1.165) is 23.7 Å². The van der Waals surface area contributed by atoms with Crippen LogP contribution in [0.2, 0.25) is 0 Å². The minimum atomic E-state index is -4.46. The molecule has 4 nitrogen and oxygen atoms in total. The fraction of sp³-hybridized carbons (Fsp3) is 0.385. The molecule has 3 rings (SSSR count). The minimum Gasteiger partial charge on any atom is -0.365 e. The molecule has 1 saturated heterocycles. The molecule has 10 heteroatoms. The van der Waals surface area contributed by atoms with Gasteiger partial charge in [0, 0.05) is 29.7 Å². The van der Waals surface area contributed by atoms with Crippen LogP contribution in [-0.4, -0.2) is 41.3 Å². The van der Waals surface area contributed by atoms with Crippen molar-refractivity contribution >= 4 is 16.7 Å². The van der Waals surface area contributed by atoms with Crippen LogP contribution in [0.5, 0.6) is 0 Å². The maximum Gasteiger partial charge on any atom is 0.416 e. The van der Waals surface area contributed by atoms with E-state index in [0.29, 0.717) is 6.07 Å². The lowest BCUT2D eigenvalue weighted by molar-refractivity contribution is -0.221. The van der Waals surface area contributed by atoms with Crippen molar-refractivity contribution in [1.29, 1.82) is 0 Å². The molecule has 0 radical (unpaired) electrons. The van der Waals surface area contributed by atoms with Crippen molar-refractivity contribution in [1.82, 2.24) is 9.36 Å². The van der Waals surface area contributed by atoms with Gasteiger partial charge in [-0.25, -0.2) is 8.78 Å². The summed E-state index contributed by atoms with van der Waals surface area (Å²) in [6.45, 7) is -0.248. The zero-order valence-electron chi connectivity index (χ0n) is 11.5. The number of hydrogen-bond acceptors (Lipinski definition) is 5. The lowest BCUT2D eigenvalue weighted by Gasteiger charge is -2.33. The lowest BCUT2D eigenvalue weighted by atomic mass is 10.2. The first-order chi connectivity index (χ1) is 10.8. The van der Waals surface area contributed by atoms with E-state index in [9.17, 15) is 22.0 Å². The molecule has 2 aromatic rings. The predicted molar refractivity (Wildman–Crippen MR) is 73.3 cm³/mol. The summed E-state index contributed by atoms with van der Waals surface area (Å²) in [5.41, 5.74) is 0.130. The van der Waals surface area contributed by atoms with Crippen LogP contribution >= 0.6 is 11.5 Å². The molecule has 0 saturated carbocycles. The molecule has 0 aliphatic carbocycles. The molecular formula is C13H10F5N3OS. The monoisotopic (exact) mass is 351 g/mol. The number of aromatic nitrogens is 2. The van der Waals surface area contributed by atoms with E-state index in [2.05, 4.69) is 9.36 Å². The second-order valence-electron chi connectivity index (χ2n) is 4.91. The van der Waals surface area contributed by atoms with Gasteiger partial charge in [0.25, 0.3) is 0 Å². The highest BCUT2D eigenvalue weighted by Crippen LogP contribution is 2.30. The maximum atomic E-state index is 13.2. The second-order valence-corrected chi connectivity index (χ2v) is 5.64. The van der Waals surface area contributed by atoms with E-state index in [1.54, 1.807) is 0 Å². The van der Waals surface area contributed by atoms with Crippen LogP contribution in [0.3, 0.4) is 0 Å². The molecule has 0 amide bonds. The summed E-state index contributed by atoms with van der Waals surface area (Å²) in [7, 11) is 0. The normalized spacial score (nSPS) is 19.2. The Balaban J connectivity index is 1.81. The summed E-state index contributed by atoms with van der Waals surface area (Å²) in [4.78, 5) is 5.48. The standard InChI is InChI=1S/C13H10F5N3OS/c14-8-3-7(4-9(15)5-8)11-19-12(23-20-11)21-1-2-22-10(6-21)13(16,17)18/h3-5,10H,1-2,6H2/t10-/m1/s1. The van der Waals surface area contributed by atoms with E-state index in [4.69, 9.17) is 4.74 Å². The second kappa shape index (κ2) is 6.00. The lowest BCUT2D eigenvalue weighted by Crippen LogP contribution is -2.49. The summed E-state index contributed by atoms with van der Waals surface area (Å²) in [6, 6.07) is 2.84. The van der Waals surface area contributed by atoms with Crippen molar-refractivity contribution in [3.05, 3.63) is 29.8 Å². The fourth-order valence-electron chi connectivity index (χ4n) is 2.17. The molecule has 1 aromatic carbocycles. The van der Waals surface area contributed by atoms with Crippen molar-refractivity contribution in [2.75, 3.05) is 24.6 Å². The molecule has 23 heavy (non-hydrogen) atoms. The number of rotatable bonds is 2. The predicted octanol–water partition coefficient (Wildman–Crippen LogP) is 3.25. The van der Waals surface area contributed by atoms with Crippen molar-refractivity contribution in [3.8, 4) is 11.4 Å². The third-order valence-corrected chi connectivity index (χ3v) is 4.02. The number of morpholine rings is 1. The van der Waals surface area contributed by atoms with Gasteiger partial charge in [0.2, 0.25) is 5.13 Å². The number of hydrogen-bond donors (Lipinski definition) is 0. The van der Waals surface area contributed by atoms with Crippen LogP contribution in [-0.2, 0) is 4.74 Å². The van der Waals surface area contributed by atoms with Crippen LogP contribution in [0.25, 0.3) is 11.4 Å². The van der Waals surface area contributed by atoms with E-state index in [-0.39, 0.29) is 29.7 Å². The van der Waals surface area contributed by atoms with Gasteiger partial charge >= 0.3 is 6.18 Å². The highest BCUT2D eigenvalue weighted by Gasteiger charge is 2.43. The smallest absolute Gasteiger partial charge is 0.365 e. The Morgan fingerprint density at radius 1 is 1.17 bits per heavy atom. The van der Waals surface area contributed by atoms with Crippen molar-refractivity contribution in [2.24, 2.45) is 0 Å². The Labute approximate surface area is 131 Å². The van der Waals surface area contributed by atoms with Crippen LogP contribution in [0.1, 0.15) is 0 Å². The summed E-state index contributed by atoms with van der Waals surface area (Å²) in [5, 5.41) is 0.252. The molecule has 0 spiro atoms. The Morgan fingerprint density at radius 3 is 2.52 bits per heavy atom. The molecule has 2 heterocycles. The van der Waals surface area contributed by atoms with Gasteiger partial charge in [-0.1, -0.05) is 0 Å². The van der Waals surface area contributed by atoms with E-state index >= 15 is 0 Å². The molecule has 0 bridgehead atoms. The SMILES string of the molecule is Fc1cc(F)cc(-c2nsc(N3CCO[C@@H](C(F)(F)F)C3)n2)c1. The van der Waals surface area contributed by atoms with Crippen molar-refractivity contribution in [2.45, 2.75) is 12.3 Å². The van der Waals surface area contributed by atoms with Gasteiger partial charge in [-0.2, -0.15) is 22.5 Å². The van der Waals surface area contributed by atoms with Crippen LogP contribution < -0.4 is 4.90 Å². The van der Waals surface area contributed by atoms with Gasteiger partial charge in [-0.15, -0.1) is 0 Å². The first-order valence-corrected chi connectivity index (χ1v) is 7.34. The third-order valence-electron chi connectivity index (χ3n) is 3.24. The molecule has 1 atom stereocenters. The Kier molecular flexibility index (Phi) is 4.19. The first kappa shape index (κ1) is 16.1. The zero-order chi connectivity index (χ0) is 16.6. The molecule has 0 N–H and O–H groups in total. The van der Waals surface area contributed by atoms with Gasteiger partial charge in [-0.3, -0.25) is 0 Å². The molecule has 0 unspecified atom stereocenters. The first-order valence-electron chi connectivity index (χ1n) is 6.56. The minimum absolute atomic E-state index is 0.0680. The van der Waals surface area contributed by atoms with Gasteiger partial charge in [0.05, 0.1) is 13.2 Å². The van der Waals surface area contributed by atoms with Crippen LogP contribution in [0.15, 0.2) is 18.2 Å². The molecule has 124 valence electrons. The molecule has 1 fully saturated rings. The number of alkyl halides is 3. The van der Waals surface area contributed by atoms with Crippen molar-refractivity contribution in [3.63, 3.8) is 0 Å². The van der Waals surface area contributed by atoms with Gasteiger partial charge in [-0.05, 0) is 12.1 Å². The summed E-state index contributed by atoms with van der Waals surface area (Å²) < 4.78 is 73.3. The maximum absolute atomic E-state index is 13.2. The van der Waals surface area contributed by atoms with E-state index < -0.39 is 30.5 Å². The summed E-state index contributed by atoms with van der Waals surface area (Å²) in [5.74, 6) is -1.49. The Morgan fingerprint density at radius 2 is 1.87 bits per heavy atom. The molecule has 1 aromatic heterocycles. The van der Waals surface area contributed by atoms with E-state index in [1.165, 1.54) is 4.90 Å². The largest absolute Gasteiger partial charge is 0.416 e. The quantitative estimate of drug-likeness (QED) is 0.779. The number of benzene rings is 1.